The molecule has 0 bridgehead atoms. The Morgan fingerprint density at radius 1 is 1.20 bits per heavy atom. The molecule has 0 aliphatic carbocycles. The lowest BCUT2D eigenvalue weighted by Gasteiger charge is -2.28. The first-order valence-corrected chi connectivity index (χ1v) is 11.0. The normalized spacial score (nSPS) is 12.6. The van der Waals surface area contributed by atoms with Crippen molar-refractivity contribution in [3.8, 4) is 11.5 Å². The predicted molar refractivity (Wildman–Crippen MR) is 125 cm³/mol. The monoisotopic (exact) mass is 479 g/mol. The summed E-state index contributed by atoms with van der Waals surface area (Å²) in [6, 6.07) is 12.3. The minimum atomic E-state index is -0.410. The van der Waals surface area contributed by atoms with Gasteiger partial charge in [-0.15, -0.1) is 0 Å². The van der Waals surface area contributed by atoms with Crippen molar-refractivity contribution in [2.45, 2.75) is 13.5 Å². The molecule has 182 valence electrons. The van der Waals surface area contributed by atoms with Crippen LogP contribution in [0.5, 0.6) is 11.5 Å². The van der Waals surface area contributed by atoms with Gasteiger partial charge in [0.2, 0.25) is 5.89 Å². The third kappa shape index (κ3) is 5.67. The number of nitrogens with one attached hydrogen (secondary N) is 1. The highest BCUT2D eigenvalue weighted by atomic mass is 16.5. The number of anilines is 1. The molecule has 0 radical (unpaired) electrons. The van der Waals surface area contributed by atoms with E-state index in [4.69, 9.17) is 18.6 Å². The van der Waals surface area contributed by atoms with Crippen molar-refractivity contribution in [2.24, 2.45) is 0 Å². The number of nitrogens with zero attached hydrogens (tertiary/aromatic N) is 2. The van der Waals surface area contributed by atoms with Crippen molar-refractivity contribution < 1.29 is 33.0 Å². The molecule has 1 aliphatic rings. The van der Waals surface area contributed by atoms with Crippen LogP contribution >= 0.6 is 0 Å². The molecule has 0 fully saturated rings. The standard InChI is InChI=1S/C25H25N3O7/c1-16-5-3-4-6-21(16)33-14-20(29)17-7-8-22-19(11-17)28(24(30)15-34-22)12-23-27-18(13-35-23)25(31)26-9-10-32-2/h3-8,11,13H,9-10,12,14-15H2,1-2H3,(H,26,31). The SMILES string of the molecule is COCCNC(=O)c1coc(CN2C(=O)COc3ccc(C(=O)COc4ccccc4C)cc32)n1. The smallest absolute Gasteiger partial charge is 0.273 e. The molecule has 4 rings (SSSR count). The van der Waals surface area contributed by atoms with Crippen LogP contribution in [0, 0.1) is 6.92 Å². The highest BCUT2D eigenvalue weighted by Crippen LogP contribution is 2.34. The number of ketones is 1. The second-order valence-electron chi connectivity index (χ2n) is 7.80. The molecule has 35 heavy (non-hydrogen) atoms. The van der Waals surface area contributed by atoms with Crippen LogP contribution in [-0.4, -0.2) is 56.1 Å². The lowest BCUT2D eigenvalue weighted by molar-refractivity contribution is -0.121. The van der Waals surface area contributed by atoms with Crippen LogP contribution in [-0.2, 0) is 16.1 Å². The van der Waals surface area contributed by atoms with Crippen LogP contribution in [0.15, 0.2) is 53.1 Å². The van der Waals surface area contributed by atoms with Crippen LogP contribution in [0.4, 0.5) is 5.69 Å². The maximum absolute atomic E-state index is 12.8. The van der Waals surface area contributed by atoms with Gasteiger partial charge in [-0.25, -0.2) is 4.98 Å². The first-order chi connectivity index (χ1) is 17.0. The summed E-state index contributed by atoms with van der Waals surface area (Å²) in [7, 11) is 1.54. The van der Waals surface area contributed by atoms with Crippen molar-refractivity contribution in [2.75, 3.05) is 38.4 Å². The van der Waals surface area contributed by atoms with Crippen LogP contribution in [0.3, 0.4) is 0 Å². The minimum absolute atomic E-state index is 0.0299. The average Bonchev–Trinajstić information content (AvgIpc) is 3.34. The Morgan fingerprint density at radius 2 is 2.03 bits per heavy atom. The molecule has 2 heterocycles. The van der Waals surface area contributed by atoms with E-state index in [0.717, 1.165) is 5.56 Å². The van der Waals surface area contributed by atoms with Crippen LogP contribution in [0.25, 0.3) is 0 Å². The number of rotatable bonds is 10. The van der Waals surface area contributed by atoms with E-state index in [1.54, 1.807) is 24.3 Å². The summed E-state index contributed by atoms with van der Waals surface area (Å²) in [4.78, 5) is 43.2. The maximum atomic E-state index is 12.8. The van der Waals surface area contributed by atoms with Gasteiger partial charge in [-0.3, -0.25) is 19.3 Å². The number of carbonyl (C=O) groups excluding carboxylic acids is 3. The number of aryl methyl sites for hydroxylation is 1. The Balaban J connectivity index is 1.48. The number of amides is 2. The molecule has 1 N–H and O–H groups in total. The number of carbonyl (C=O) groups is 3. The largest absolute Gasteiger partial charge is 0.485 e. The van der Waals surface area contributed by atoms with Crippen molar-refractivity contribution in [3.05, 3.63) is 71.4 Å². The second kappa shape index (κ2) is 10.8. The summed E-state index contributed by atoms with van der Waals surface area (Å²) < 4.78 is 21.5. The van der Waals surface area contributed by atoms with E-state index >= 15 is 0 Å². The van der Waals surface area contributed by atoms with Crippen molar-refractivity contribution in [3.63, 3.8) is 0 Å². The minimum Gasteiger partial charge on any atom is -0.485 e. The Hall–Kier alpha value is -4.18. The summed E-state index contributed by atoms with van der Waals surface area (Å²) in [5.74, 6) is 0.257. The van der Waals surface area contributed by atoms with Gasteiger partial charge in [-0.1, -0.05) is 18.2 Å². The molecule has 3 aromatic rings. The van der Waals surface area contributed by atoms with Gasteiger partial charge in [0, 0.05) is 19.2 Å². The number of benzene rings is 2. The summed E-state index contributed by atoms with van der Waals surface area (Å²) in [5, 5.41) is 2.65. The van der Waals surface area contributed by atoms with Gasteiger partial charge in [0.1, 0.15) is 24.3 Å². The Bertz CT molecular complexity index is 1240. The molecule has 0 atom stereocenters. The van der Waals surface area contributed by atoms with E-state index in [0.29, 0.717) is 35.9 Å². The third-order valence-electron chi connectivity index (χ3n) is 5.35. The van der Waals surface area contributed by atoms with E-state index in [-0.39, 0.29) is 43.0 Å². The first-order valence-electron chi connectivity index (χ1n) is 11.0. The molecule has 1 aromatic heterocycles. The van der Waals surface area contributed by atoms with E-state index < -0.39 is 5.91 Å². The zero-order valence-corrected chi connectivity index (χ0v) is 19.4. The van der Waals surface area contributed by atoms with E-state index in [2.05, 4.69) is 10.3 Å². The predicted octanol–water partition coefficient (Wildman–Crippen LogP) is 2.55. The maximum Gasteiger partial charge on any atom is 0.273 e. The molecule has 0 saturated carbocycles. The Kier molecular flexibility index (Phi) is 7.41. The van der Waals surface area contributed by atoms with E-state index in [1.165, 1.54) is 18.3 Å². The molecule has 0 unspecified atom stereocenters. The zero-order valence-electron chi connectivity index (χ0n) is 19.4. The fourth-order valence-corrected chi connectivity index (χ4v) is 3.47. The van der Waals surface area contributed by atoms with Gasteiger partial charge < -0.3 is 23.9 Å². The molecule has 2 aromatic carbocycles. The van der Waals surface area contributed by atoms with Crippen LogP contribution in [0.1, 0.15) is 32.3 Å². The van der Waals surface area contributed by atoms with Gasteiger partial charge in [-0.2, -0.15) is 0 Å². The van der Waals surface area contributed by atoms with Crippen LogP contribution in [0.2, 0.25) is 0 Å². The summed E-state index contributed by atoms with van der Waals surface area (Å²) in [6.07, 6.45) is 1.23. The summed E-state index contributed by atoms with van der Waals surface area (Å²) in [5.41, 5.74) is 1.79. The number of hydrogen-bond acceptors (Lipinski definition) is 8. The number of para-hydroxylation sites is 1. The van der Waals surface area contributed by atoms with E-state index in [9.17, 15) is 14.4 Å². The number of methoxy groups -OCH3 is 1. The molecule has 0 spiro atoms. The lowest BCUT2D eigenvalue weighted by atomic mass is 10.1. The molecular weight excluding hydrogens is 454 g/mol. The summed E-state index contributed by atoms with van der Waals surface area (Å²) >= 11 is 0. The van der Waals surface area contributed by atoms with Gasteiger partial charge in [0.25, 0.3) is 11.8 Å². The molecular formula is C25H25N3O7. The molecule has 2 amide bonds. The van der Waals surface area contributed by atoms with Crippen molar-refractivity contribution in [1.29, 1.82) is 0 Å². The topological polar surface area (TPSA) is 120 Å². The van der Waals surface area contributed by atoms with Gasteiger partial charge in [-0.05, 0) is 36.8 Å². The number of hydrogen-bond donors (Lipinski definition) is 1. The highest BCUT2D eigenvalue weighted by Gasteiger charge is 2.28. The molecule has 1 aliphatic heterocycles. The molecule has 10 nitrogen and oxygen atoms in total. The Morgan fingerprint density at radius 3 is 2.83 bits per heavy atom. The first kappa shape index (κ1) is 24.0. The Labute approximate surface area is 201 Å². The van der Waals surface area contributed by atoms with Crippen LogP contribution < -0.4 is 19.7 Å². The number of Topliss-reactive ketones (excluding diaryl/α,β-unsaturated/α-hetero) is 1. The number of fused-ring (bicyclic) bond motifs is 1. The second-order valence-corrected chi connectivity index (χ2v) is 7.80. The fourth-order valence-electron chi connectivity index (χ4n) is 3.47. The van der Waals surface area contributed by atoms with Gasteiger partial charge in [0.05, 0.1) is 12.3 Å². The van der Waals surface area contributed by atoms with Gasteiger partial charge >= 0.3 is 0 Å². The van der Waals surface area contributed by atoms with Crippen molar-refractivity contribution >= 4 is 23.3 Å². The molecule has 10 heteroatoms. The van der Waals surface area contributed by atoms with Gasteiger partial charge in [0.15, 0.2) is 24.7 Å². The summed E-state index contributed by atoms with van der Waals surface area (Å²) in [6.45, 7) is 2.25. The average molecular weight is 479 g/mol. The van der Waals surface area contributed by atoms with E-state index in [1.807, 2.05) is 25.1 Å². The third-order valence-corrected chi connectivity index (χ3v) is 5.35. The van der Waals surface area contributed by atoms with Crippen molar-refractivity contribution in [1.82, 2.24) is 10.3 Å². The zero-order chi connectivity index (χ0) is 24.8. The molecule has 0 saturated heterocycles. The number of oxazole rings is 1. The number of ether oxygens (including phenoxy) is 3. The fraction of sp³-hybridized carbons (Fsp3) is 0.280. The quantitative estimate of drug-likeness (QED) is 0.348. The lowest BCUT2D eigenvalue weighted by Crippen LogP contribution is -2.38. The highest BCUT2D eigenvalue weighted by molar-refractivity contribution is 6.02. The number of aromatic nitrogens is 1.